The number of carbonyl (C=O) groups excluding carboxylic acids is 4. The Balaban J connectivity index is 2.58. The SMILES string of the molecule is COC(=O)[C@H](CO)NC(=O)CN1C(=O)CN(C)C1=O. The summed E-state index contributed by atoms with van der Waals surface area (Å²) < 4.78 is 4.36. The lowest BCUT2D eigenvalue weighted by atomic mass is 10.3. The zero-order chi connectivity index (χ0) is 14.6. The Morgan fingerprint density at radius 3 is 2.53 bits per heavy atom. The molecule has 0 aromatic rings. The van der Waals surface area contributed by atoms with Crippen LogP contribution in [-0.2, 0) is 19.1 Å². The number of ether oxygens (including phenoxy) is 1. The van der Waals surface area contributed by atoms with Crippen LogP contribution < -0.4 is 5.32 Å². The molecule has 9 nitrogen and oxygen atoms in total. The first-order valence-electron chi connectivity index (χ1n) is 5.44. The number of nitrogens with zero attached hydrogens (tertiary/aromatic N) is 2. The van der Waals surface area contributed by atoms with Crippen LogP contribution in [0.1, 0.15) is 0 Å². The van der Waals surface area contributed by atoms with Crippen molar-refractivity contribution in [3.63, 3.8) is 0 Å². The smallest absolute Gasteiger partial charge is 0.330 e. The van der Waals surface area contributed by atoms with Gasteiger partial charge in [-0.2, -0.15) is 0 Å². The number of methoxy groups -OCH3 is 1. The Labute approximate surface area is 109 Å². The number of hydrogen-bond donors (Lipinski definition) is 2. The normalized spacial score (nSPS) is 16.6. The number of amides is 4. The van der Waals surface area contributed by atoms with Crippen molar-refractivity contribution in [1.82, 2.24) is 15.1 Å². The third-order valence-electron chi connectivity index (χ3n) is 2.54. The topological polar surface area (TPSA) is 116 Å². The number of carbonyl (C=O) groups is 4. The van der Waals surface area contributed by atoms with Crippen molar-refractivity contribution < 1.29 is 29.0 Å². The Kier molecular flexibility index (Phi) is 4.81. The highest BCUT2D eigenvalue weighted by molar-refractivity contribution is 6.04. The number of imide groups is 1. The predicted molar refractivity (Wildman–Crippen MR) is 60.8 cm³/mol. The van der Waals surface area contributed by atoms with Crippen LogP contribution in [0.3, 0.4) is 0 Å². The lowest BCUT2D eigenvalue weighted by Crippen LogP contribution is -2.49. The van der Waals surface area contributed by atoms with Crippen LogP contribution in [0.5, 0.6) is 0 Å². The van der Waals surface area contributed by atoms with E-state index in [0.29, 0.717) is 0 Å². The minimum absolute atomic E-state index is 0.0907. The zero-order valence-corrected chi connectivity index (χ0v) is 10.6. The van der Waals surface area contributed by atoms with Crippen LogP contribution in [0.25, 0.3) is 0 Å². The summed E-state index contributed by atoms with van der Waals surface area (Å²) in [5.74, 6) is -2.05. The second kappa shape index (κ2) is 6.14. The third kappa shape index (κ3) is 3.41. The Morgan fingerprint density at radius 1 is 1.47 bits per heavy atom. The summed E-state index contributed by atoms with van der Waals surface area (Å²) >= 11 is 0. The second-order valence-corrected chi connectivity index (χ2v) is 3.94. The van der Waals surface area contributed by atoms with E-state index in [1.807, 2.05) is 0 Å². The summed E-state index contributed by atoms with van der Waals surface area (Å²) in [7, 11) is 2.54. The van der Waals surface area contributed by atoms with E-state index in [4.69, 9.17) is 5.11 Å². The number of aliphatic hydroxyl groups excluding tert-OH is 1. The molecule has 1 aliphatic rings. The fraction of sp³-hybridized carbons (Fsp3) is 0.600. The molecule has 9 heteroatoms. The molecule has 1 aliphatic heterocycles. The van der Waals surface area contributed by atoms with Crippen LogP contribution in [-0.4, -0.2) is 78.6 Å². The maximum Gasteiger partial charge on any atom is 0.330 e. The van der Waals surface area contributed by atoms with Gasteiger partial charge >= 0.3 is 12.0 Å². The lowest BCUT2D eigenvalue weighted by Gasteiger charge is -2.17. The fourth-order valence-corrected chi connectivity index (χ4v) is 1.53. The minimum Gasteiger partial charge on any atom is -0.467 e. The highest BCUT2D eigenvalue weighted by Gasteiger charge is 2.35. The molecule has 1 rings (SSSR count). The molecule has 0 aliphatic carbocycles. The summed E-state index contributed by atoms with van der Waals surface area (Å²) in [6.07, 6.45) is 0. The Hall–Kier alpha value is -2.16. The molecule has 0 radical (unpaired) electrons. The van der Waals surface area contributed by atoms with E-state index < -0.39 is 43.0 Å². The van der Waals surface area contributed by atoms with Crippen molar-refractivity contribution in [3.05, 3.63) is 0 Å². The molecule has 0 spiro atoms. The van der Waals surface area contributed by atoms with Gasteiger partial charge in [-0.25, -0.2) is 9.59 Å². The molecule has 0 aromatic heterocycles. The molecular weight excluding hydrogens is 258 g/mol. The van der Waals surface area contributed by atoms with Crippen molar-refractivity contribution in [1.29, 1.82) is 0 Å². The first-order valence-corrected chi connectivity index (χ1v) is 5.44. The molecular formula is C10H15N3O6. The molecule has 1 saturated heterocycles. The molecule has 0 unspecified atom stereocenters. The van der Waals surface area contributed by atoms with E-state index in [1.54, 1.807) is 0 Å². The van der Waals surface area contributed by atoms with Crippen LogP contribution in [0, 0.1) is 0 Å². The van der Waals surface area contributed by atoms with Gasteiger partial charge in [-0.05, 0) is 0 Å². The third-order valence-corrected chi connectivity index (χ3v) is 2.54. The summed E-state index contributed by atoms with van der Waals surface area (Å²) in [6.45, 7) is -1.23. The van der Waals surface area contributed by atoms with Gasteiger partial charge in [0, 0.05) is 7.05 Å². The van der Waals surface area contributed by atoms with Gasteiger partial charge in [0.05, 0.1) is 13.7 Å². The van der Waals surface area contributed by atoms with Gasteiger partial charge in [-0.15, -0.1) is 0 Å². The molecule has 0 bridgehead atoms. The first-order chi connectivity index (χ1) is 8.90. The zero-order valence-electron chi connectivity index (χ0n) is 10.6. The number of likely N-dealkylation sites (N-methyl/N-ethyl adjacent to an activating group) is 1. The average Bonchev–Trinajstić information content (AvgIpc) is 2.61. The van der Waals surface area contributed by atoms with Crippen molar-refractivity contribution in [2.24, 2.45) is 0 Å². The van der Waals surface area contributed by atoms with Crippen molar-refractivity contribution in [2.45, 2.75) is 6.04 Å². The molecule has 106 valence electrons. The molecule has 1 heterocycles. The number of hydrogen-bond acceptors (Lipinski definition) is 6. The van der Waals surface area contributed by atoms with Gasteiger partial charge in [0.15, 0.2) is 6.04 Å². The summed E-state index contributed by atoms with van der Waals surface area (Å²) in [5, 5.41) is 11.1. The molecule has 2 N–H and O–H groups in total. The largest absolute Gasteiger partial charge is 0.467 e. The minimum atomic E-state index is -1.22. The van der Waals surface area contributed by atoms with E-state index >= 15 is 0 Å². The van der Waals surface area contributed by atoms with Gasteiger partial charge < -0.3 is 20.1 Å². The summed E-state index contributed by atoms with van der Waals surface area (Å²) in [4.78, 5) is 47.6. The van der Waals surface area contributed by atoms with Crippen molar-refractivity contribution in [2.75, 3.05) is 33.9 Å². The first kappa shape index (κ1) is 14.9. The number of aliphatic hydroxyl groups is 1. The average molecular weight is 273 g/mol. The Morgan fingerprint density at radius 2 is 2.11 bits per heavy atom. The van der Waals surface area contributed by atoms with Crippen molar-refractivity contribution >= 4 is 23.8 Å². The van der Waals surface area contributed by atoms with E-state index in [2.05, 4.69) is 10.1 Å². The molecule has 19 heavy (non-hydrogen) atoms. The second-order valence-electron chi connectivity index (χ2n) is 3.94. The maximum absolute atomic E-state index is 11.6. The van der Waals surface area contributed by atoms with E-state index in [9.17, 15) is 19.2 Å². The molecule has 1 fully saturated rings. The monoisotopic (exact) mass is 273 g/mol. The van der Waals surface area contributed by atoms with Crippen LogP contribution >= 0.6 is 0 Å². The van der Waals surface area contributed by atoms with Gasteiger partial charge in [-0.1, -0.05) is 0 Å². The number of rotatable bonds is 5. The number of esters is 1. The van der Waals surface area contributed by atoms with E-state index in [1.165, 1.54) is 11.9 Å². The quantitative estimate of drug-likeness (QED) is 0.423. The molecule has 1 atom stereocenters. The lowest BCUT2D eigenvalue weighted by molar-refractivity contribution is -0.146. The highest BCUT2D eigenvalue weighted by Crippen LogP contribution is 2.06. The van der Waals surface area contributed by atoms with Gasteiger partial charge in [0.1, 0.15) is 13.1 Å². The fourth-order valence-electron chi connectivity index (χ4n) is 1.53. The van der Waals surface area contributed by atoms with Crippen LogP contribution in [0.2, 0.25) is 0 Å². The van der Waals surface area contributed by atoms with Crippen molar-refractivity contribution in [3.8, 4) is 0 Å². The molecule has 0 aromatic carbocycles. The molecule has 4 amide bonds. The maximum atomic E-state index is 11.6. The van der Waals surface area contributed by atoms with Crippen LogP contribution in [0.15, 0.2) is 0 Å². The predicted octanol–water partition coefficient (Wildman–Crippen LogP) is -2.47. The highest BCUT2D eigenvalue weighted by atomic mass is 16.5. The van der Waals surface area contributed by atoms with Gasteiger partial charge in [-0.3, -0.25) is 14.5 Å². The van der Waals surface area contributed by atoms with Crippen LogP contribution in [0.4, 0.5) is 4.79 Å². The number of nitrogens with one attached hydrogen (secondary N) is 1. The van der Waals surface area contributed by atoms with Gasteiger partial charge in [0.25, 0.3) is 5.91 Å². The molecule has 0 saturated carbocycles. The summed E-state index contributed by atoms with van der Waals surface area (Å²) in [6, 6.07) is -1.80. The standard InChI is InChI=1S/C10H15N3O6/c1-12-4-8(16)13(10(12)18)3-7(15)11-6(5-14)9(17)19-2/h6,14H,3-5H2,1-2H3,(H,11,15)/t6-/m0/s1. The number of urea groups is 1. The van der Waals surface area contributed by atoms with E-state index in [-0.39, 0.29) is 6.54 Å². The van der Waals surface area contributed by atoms with Gasteiger partial charge in [0.2, 0.25) is 5.91 Å². The Bertz CT molecular complexity index is 410. The summed E-state index contributed by atoms with van der Waals surface area (Å²) in [5.41, 5.74) is 0. The van der Waals surface area contributed by atoms with E-state index in [0.717, 1.165) is 12.0 Å².